The number of hydrogen-bond donors (Lipinski definition) is 2. The van der Waals surface area contributed by atoms with E-state index in [1.807, 2.05) is 0 Å². The van der Waals surface area contributed by atoms with E-state index in [4.69, 9.17) is 9.97 Å². The molecule has 0 unspecified atom stereocenters. The first-order valence-electron chi connectivity index (χ1n) is 9.94. The maximum Gasteiger partial charge on any atom is 0.0687 e. The third-order valence-corrected chi connectivity index (χ3v) is 5.91. The Bertz CT molecular complexity index is 1390. The van der Waals surface area contributed by atoms with E-state index in [1.54, 1.807) is 0 Å². The lowest BCUT2D eigenvalue weighted by molar-refractivity contribution is 1.29. The number of aromatic nitrogens is 4. The van der Waals surface area contributed by atoms with Crippen molar-refractivity contribution in [2.75, 3.05) is 0 Å². The SMILES string of the molecule is CC1=Cc2cc3cc(C)c(cc4nc(cc5[nH]c(cc1n2)c(C)c5C)C(C)=C4)[nH]3. The minimum atomic E-state index is 0.964. The van der Waals surface area contributed by atoms with Gasteiger partial charge in [-0.05, 0) is 105 Å². The molecule has 0 spiro atoms. The van der Waals surface area contributed by atoms with Crippen molar-refractivity contribution < 1.29 is 0 Å². The molecule has 0 radical (unpaired) electrons. The zero-order chi connectivity index (χ0) is 20.3. The van der Waals surface area contributed by atoms with Gasteiger partial charge >= 0.3 is 0 Å². The van der Waals surface area contributed by atoms with Crippen molar-refractivity contribution in [3.05, 3.63) is 69.8 Å². The van der Waals surface area contributed by atoms with Crippen molar-refractivity contribution in [2.24, 2.45) is 0 Å². The molecule has 4 heteroatoms. The van der Waals surface area contributed by atoms with Crippen LogP contribution in [0.4, 0.5) is 0 Å². The first kappa shape index (κ1) is 17.7. The molecule has 3 aromatic rings. The molecule has 0 aliphatic carbocycles. The normalized spacial score (nSPS) is 13.4. The van der Waals surface area contributed by atoms with Crippen LogP contribution in [0.5, 0.6) is 0 Å². The minimum absolute atomic E-state index is 0.964. The molecule has 0 amide bonds. The highest BCUT2D eigenvalue weighted by Crippen LogP contribution is 2.27. The second-order valence-corrected chi connectivity index (χ2v) is 8.10. The predicted octanol–water partition coefficient (Wildman–Crippen LogP) is 6.36. The summed E-state index contributed by atoms with van der Waals surface area (Å²) in [5, 5.41) is 0. The van der Waals surface area contributed by atoms with Gasteiger partial charge in [0.25, 0.3) is 0 Å². The van der Waals surface area contributed by atoms with Crippen molar-refractivity contribution >= 4 is 45.4 Å². The summed E-state index contributed by atoms with van der Waals surface area (Å²) >= 11 is 0. The minimum Gasteiger partial charge on any atom is -0.355 e. The van der Waals surface area contributed by atoms with E-state index in [2.05, 4.69) is 87.1 Å². The van der Waals surface area contributed by atoms with E-state index in [1.165, 1.54) is 27.8 Å². The molecule has 0 aromatic carbocycles. The Labute approximate surface area is 170 Å². The third-order valence-electron chi connectivity index (χ3n) is 5.91. The summed E-state index contributed by atoms with van der Waals surface area (Å²) in [5.41, 5.74) is 14.3. The number of hydrogen-bond acceptors (Lipinski definition) is 2. The maximum atomic E-state index is 4.86. The summed E-state index contributed by atoms with van der Waals surface area (Å²) in [5.74, 6) is 0. The topological polar surface area (TPSA) is 57.4 Å². The Morgan fingerprint density at radius 1 is 0.586 bits per heavy atom. The highest BCUT2D eigenvalue weighted by atomic mass is 14.8. The van der Waals surface area contributed by atoms with E-state index >= 15 is 0 Å². The molecule has 8 bridgehead atoms. The van der Waals surface area contributed by atoms with Gasteiger partial charge in [-0.2, -0.15) is 0 Å². The smallest absolute Gasteiger partial charge is 0.0687 e. The van der Waals surface area contributed by atoms with Crippen molar-refractivity contribution in [2.45, 2.75) is 34.6 Å². The Kier molecular flexibility index (Phi) is 3.85. The van der Waals surface area contributed by atoms with Crippen LogP contribution in [0.15, 0.2) is 30.3 Å². The number of H-pyrrole nitrogens is 2. The third kappa shape index (κ3) is 3.01. The lowest BCUT2D eigenvalue weighted by atomic mass is 10.1. The number of aryl methyl sites for hydroxylation is 3. The van der Waals surface area contributed by atoms with E-state index in [0.717, 1.165) is 44.8 Å². The molecule has 2 aliphatic heterocycles. The average molecular weight is 380 g/mol. The fraction of sp³-hybridized carbons (Fsp3) is 0.200. The van der Waals surface area contributed by atoms with Crippen molar-refractivity contribution in [3.63, 3.8) is 0 Å². The second kappa shape index (κ2) is 6.31. The van der Waals surface area contributed by atoms with Crippen LogP contribution in [0.3, 0.4) is 0 Å². The summed E-state index contributed by atoms with van der Waals surface area (Å²) in [4.78, 5) is 16.8. The van der Waals surface area contributed by atoms with Gasteiger partial charge in [-0.1, -0.05) is 0 Å². The molecule has 0 fully saturated rings. The van der Waals surface area contributed by atoms with Crippen LogP contribution in [-0.2, 0) is 0 Å². The average Bonchev–Trinajstić information content (AvgIpc) is 3.35. The second-order valence-electron chi connectivity index (χ2n) is 8.10. The van der Waals surface area contributed by atoms with Crippen LogP contribution in [0.25, 0.3) is 45.4 Å². The predicted molar refractivity (Wildman–Crippen MR) is 122 cm³/mol. The fourth-order valence-corrected chi connectivity index (χ4v) is 3.99. The first-order chi connectivity index (χ1) is 13.9. The van der Waals surface area contributed by atoms with Gasteiger partial charge in [0.2, 0.25) is 0 Å². The quantitative estimate of drug-likeness (QED) is 0.477. The van der Waals surface area contributed by atoms with Crippen LogP contribution in [0.1, 0.15) is 53.3 Å². The Morgan fingerprint density at radius 2 is 1.14 bits per heavy atom. The number of aromatic amines is 2. The van der Waals surface area contributed by atoms with Gasteiger partial charge in [0.05, 0.1) is 22.8 Å². The van der Waals surface area contributed by atoms with Gasteiger partial charge < -0.3 is 9.97 Å². The highest BCUT2D eigenvalue weighted by molar-refractivity contribution is 5.86. The summed E-state index contributed by atoms with van der Waals surface area (Å²) in [6.07, 6.45) is 4.27. The molecule has 0 atom stereocenters. The first-order valence-corrected chi connectivity index (χ1v) is 9.94. The molecule has 144 valence electrons. The van der Waals surface area contributed by atoms with Crippen molar-refractivity contribution in [1.82, 2.24) is 19.9 Å². The van der Waals surface area contributed by atoms with Gasteiger partial charge in [0, 0.05) is 22.1 Å². The standard InChI is InChI=1S/C25H24N4/c1-13-6-18-9-19-7-14(2)22(27-19)11-24-16(4)17(5)25(29-24)12-23-15(3)8-20(28-23)10-21(13)26-18/h6-12,26,29H,1-5H3. The summed E-state index contributed by atoms with van der Waals surface area (Å²) < 4.78 is 0. The Morgan fingerprint density at radius 3 is 1.72 bits per heavy atom. The van der Waals surface area contributed by atoms with E-state index < -0.39 is 0 Å². The highest BCUT2D eigenvalue weighted by Gasteiger charge is 2.11. The van der Waals surface area contributed by atoms with E-state index in [0.29, 0.717) is 0 Å². The molecule has 4 nitrogen and oxygen atoms in total. The number of fused-ring (bicyclic) bond motifs is 8. The van der Waals surface area contributed by atoms with Crippen LogP contribution in [0.2, 0.25) is 0 Å². The van der Waals surface area contributed by atoms with Gasteiger partial charge in [-0.15, -0.1) is 0 Å². The molecule has 2 N–H and O–H groups in total. The van der Waals surface area contributed by atoms with Crippen LogP contribution in [-0.4, -0.2) is 19.9 Å². The monoisotopic (exact) mass is 380 g/mol. The molecule has 0 saturated carbocycles. The molecule has 5 heterocycles. The van der Waals surface area contributed by atoms with Crippen molar-refractivity contribution in [1.29, 1.82) is 0 Å². The summed E-state index contributed by atoms with van der Waals surface area (Å²) in [6.45, 7) is 10.7. The molecule has 5 rings (SSSR count). The number of nitrogens with zero attached hydrogens (tertiary/aromatic N) is 2. The maximum absolute atomic E-state index is 4.86. The van der Waals surface area contributed by atoms with Gasteiger partial charge in [-0.3, -0.25) is 0 Å². The zero-order valence-electron chi connectivity index (χ0n) is 17.4. The fourth-order valence-electron chi connectivity index (χ4n) is 3.99. The lowest BCUT2D eigenvalue weighted by Gasteiger charge is -1.92. The summed E-state index contributed by atoms with van der Waals surface area (Å²) in [7, 11) is 0. The Balaban J connectivity index is 1.93. The number of rotatable bonds is 0. The number of allylic oxidation sites excluding steroid dienone is 2. The van der Waals surface area contributed by atoms with E-state index in [9.17, 15) is 0 Å². The molecule has 2 aliphatic rings. The largest absolute Gasteiger partial charge is 0.355 e. The molecule has 29 heavy (non-hydrogen) atoms. The van der Waals surface area contributed by atoms with Crippen LogP contribution < -0.4 is 0 Å². The zero-order valence-corrected chi connectivity index (χ0v) is 17.4. The Hall–Kier alpha value is -3.40. The summed E-state index contributed by atoms with van der Waals surface area (Å²) in [6, 6.07) is 10.7. The van der Waals surface area contributed by atoms with E-state index in [-0.39, 0.29) is 0 Å². The van der Waals surface area contributed by atoms with Crippen LogP contribution in [0, 0.1) is 20.8 Å². The molecular weight excluding hydrogens is 356 g/mol. The molecular formula is C25H24N4. The molecule has 0 saturated heterocycles. The van der Waals surface area contributed by atoms with Gasteiger partial charge in [-0.25, -0.2) is 9.97 Å². The molecule has 3 aromatic heterocycles. The number of nitrogens with one attached hydrogen (secondary N) is 2. The van der Waals surface area contributed by atoms with Crippen LogP contribution >= 0.6 is 0 Å². The van der Waals surface area contributed by atoms with Crippen molar-refractivity contribution in [3.8, 4) is 0 Å². The van der Waals surface area contributed by atoms with Gasteiger partial charge in [0.1, 0.15) is 0 Å². The van der Waals surface area contributed by atoms with Gasteiger partial charge in [0.15, 0.2) is 0 Å². The lowest BCUT2D eigenvalue weighted by Crippen LogP contribution is -1.78.